The van der Waals surface area contributed by atoms with Crippen LogP contribution in [0.25, 0.3) is 0 Å². The van der Waals surface area contributed by atoms with Gasteiger partial charge in [0.15, 0.2) is 0 Å². The van der Waals surface area contributed by atoms with Crippen LogP contribution in [0.1, 0.15) is 10.4 Å². The van der Waals surface area contributed by atoms with Gasteiger partial charge in [0.05, 0.1) is 8.45 Å². The van der Waals surface area contributed by atoms with Crippen molar-refractivity contribution in [3.63, 3.8) is 0 Å². The third kappa shape index (κ3) is 3.02. The Morgan fingerprint density at radius 2 is 2.50 bits per heavy atom. The number of hydrogen-bond acceptors (Lipinski definition) is 2. The topological polar surface area (TPSA) is 29.1 Å². The Morgan fingerprint density at radius 1 is 1.75 bits per heavy atom. The molecule has 1 heterocycles. The molecule has 0 saturated carbocycles. The van der Waals surface area contributed by atoms with E-state index in [9.17, 15) is 4.79 Å². The fourth-order valence-electron chi connectivity index (χ4n) is 0.692. The lowest BCUT2D eigenvalue weighted by Gasteiger charge is -1.98. The summed E-state index contributed by atoms with van der Waals surface area (Å²) in [5, 5.41) is 5.44. The van der Waals surface area contributed by atoms with E-state index < -0.39 is 0 Å². The van der Waals surface area contributed by atoms with Crippen molar-refractivity contribution in [2.24, 2.45) is 0 Å². The Labute approximate surface area is 97.0 Å². The molecule has 0 saturated heterocycles. The molecule has 1 aromatic rings. The zero-order valence-electron chi connectivity index (χ0n) is 6.14. The maximum atomic E-state index is 11.3. The highest BCUT2D eigenvalue weighted by Crippen LogP contribution is 2.16. The first-order valence-electron chi connectivity index (χ1n) is 3.32. The molecule has 5 heteroatoms. The second-order valence-corrected chi connectivity index (χ2v) is 5.68. The second kappa shape index (κ2) is 5.18. The fraction of sp³-hybridized carbons (Fsp3) is 0.286. The van der Waals surface area contributed by atoms with Crippen molar-refractivity contribution in [2.45, 2.75) is 0 Å². The van der Waals surface area contributed by atoms with Gasteiger partial charge in [-0.3, -0.25) is 4.79 Å². The number of carbonyl (C=O) groups excluding carboxylic acids is 1. The summed E-state index contributed by atoms with van der Waals surface area (Å²) in [7, 11) is 0. The average molecular weight is 360 g/mol. The number of alkyl halides is 1. The highest BCUT2D eigenvalue weighted by molar-refractivity contribution is 14.1. The molecule has 0 unspecified atom stereocenters. The third-order valence-electron chi connectivity index (χ3n) is 1.21. The number of amides is 1. The Morgan fingerprint density at radius 3 is 3.00 bits per heavy atom. The van der Waals surface area contributed by atoms with Crippen LogP contribution >= 0.6 is 49.9 Å². The van der Waals surface area contributed by atoms with Crippen LogP contribution in [0, 0.1) is 2.88 Å². The minimum Gasteiger partial charge on any atom is -0.351 e. The minimum atomic E-state index is 0.00798. The number of halogens is 2. The van der Waals surface area contributed by atoms with E-state index in [1.807, 2.05) is 11.4 Å². The van der Waals surface area contributed by atoms with E-state index in [0.717, 1.165) is 13.8 Å². The molecule has 1 N–H and O–H groups in total. The predicted molar refractivity (Wildman–Crippen MR) is 63.2 cm³/mol. The van der Waals surface area contributed by atoms with E-state index in [-0.39, 0.29) is 5.91 Å². The summed E-state index contributed by atoms with van der Waals surface area (Å²) < 4.78 is 1.14. The van der Waals surface area contributed by atoms with Crippen molar-refractivity contribution >= 4 is 55.8 Å². The van der Waals surface area contributed by atoms with Crippen molar-refractivity contribution in [2.75, 3.05) is 11.9 Å². The van der Waals surface area contributed by atoms with E-state index in [1.54, 1.807) is 11.3 Å². The molecule has 0 radical (unpaired) electrons. The van der Waals surface area contributed by atoms with Crippen LogP contribution in [0.4, 0.5) is 0 Å². The Hall–Kier alpha value is 0.380. The van der Waals surface area contributed by atoms with Crippen LogP contribution in [-0.4, -0.2) is 17.8 Å². The van der Waals surface area contributed by atoms with Crippen molar-refractivity contribution in [3.8, 4) is 0 Å². The molecule has 1 rings (SSSR count). The zero-order valence-corrected chi connectivity index (χ0v) is 10.7. The SMILES string of the molecule is O=C(NCCBr)c1csc(I)c1. The number of thiophene rings is 1. The second-order valence-electron chi connectivity index (χ2n) is 2.08. The molecule has 2 nitrogen and oxygen atoms in total. The van der Waals surface area contributed by atoms with Crippen LogP contribution in [0.2, 0.25) is 0 Å². The normalized spacial score (nSPS) is 9.83. The van der Waals surface area contributed by atoms with Gasteiger partial charge >= 0.3 is 0 Å². The molecule has 12 heavy (non-hydrogen) atoms. The Kier molecular flexibility index (Phi) is 4.52. The van der Waals surface area contributed by atoms with Gasteiger partial charge in [0.1, 0.15) is 0 Å². The first-order chi connectivity index (χ1) is 5.74. The quantitative estimate of drug-likeness (QED) is 0.652. The van der Waals surface area contributed by atoms with Gasteiger partial charge in [0, 0.05) is 17.3 Å². The van der Waals surface area contributed by atoms with Gasteiger partial charge in [-0.15, -0.1) is 11.3 Å². The summed E-state index contributed by atoms with van der Waals surface area (Å²) in [5.74, 6) is 0.00798. The number of hydrogen-bond donors (Lipinski definition) is 1. The van der Waals surface area contributed by atoms with E-state index in [4.69, 9.17) is 0 Å². The van der Waals surface area contributed by atoms with Crippen molar-refractivity contribution in [1.29, 1.82) is 0 Å². The number of rotatable bonds is 3. The molecule has 0 fully saturated rings. The highest BCUT2D eigenvalue weighted by Gasteiger charge is 2.05. The van der Waals surface area contributed by atoms with Gasteiger partial charge in [-0.2, -0.15) is 0 Å². The molecular weight excluding hydrogens is 353 g/mol. The summed E-state index contributed by atoms with van der Waals surface area (Å²) in [4.78, 5) is 11.3. The van der Waals surface area contributed by atoms with E-state index >= 15 is 0 Å². The van der Waals surface area contributed by atoms with E-state index in [1.165, 1.54) is 0 Å². The molecule has 0 aromatic carbocycles. The van der Waals surface area contributed by atoms with Crippen LogP contribution in [-0.2, 0) is 0 Å². The molecule has 0 aliphatic rings. The molecule has 1 aromatic heterocycles. The zero-order chi connectivity index (χ0) is 8.97. The van der Waals surface area contributed by atoms with Gasteiger partial charge in [-0.1, -0.05) is 15.9 Å². The van der Waals surface area contributed by atoms with Crippen molar-refractivity contribution < 1.29 is 4.79 Å². The monoisotopic (exact) mass is 359 g/mol. The lowest BCUT2D eigenvalue weighted by Crippen LogP contribution is -2.24. The highest BCUT2D eigenvalue weighted by atomic mass is 127. The number of carbonyl (C=O) groups is 1. The van der Waals surface area contributed by atoms with Crippen LogP contribution in [0.15, 0.2) is 11.4 Å². The van der Waals surface area contributed by atoms with Gasteiger partial charge in [0.25, 0.3) is 5.91 Å². The van der Waals surface area contributed by atoms with Crippen molar-refractivity contribution in [3.05, 3.63) is 19.9 Å². The first-order valence-corrected chi connectivity index (χ1v) is 6.40. The molecule has 0 atom stereocenters. The van der Waals surface area contributed by atoms with Crippen LogP contribution in [0.3, 0.4) is 0 Å². The van der Waals surface area contributed by atoms with Gasteiger partial charge < -0.3 is 5.32 Å². The van der Waals surface area contributed by atoms with E-state index in [0.29, 0.717) is 6.54 Å². The fourth-order valence-corrected chi connectivity index (χ4v) is 2.22. The molecular formula is C7H7BrINOS. The summed E-state index contributed by atoms with van der Waals surface area (Å²) in [6.07, 6.45) is 0. The van der Waals surface area contributed by atoms with Gasteiger partial charge in [0.2, 0.25) is 0 Å². The predicted octanol–water partition coefficient (Wildman–Crippen LogP) is 2.48. The molecule has 66 valence electrons. The molecule has 1 amide bonds. The number of nitrogens with one attached hydrogen (secondary N) is 1. The smallest absolute Gasteiger partial charge is 0.252 e. The third-order valence-corrected chi connectivity index (χ3v) is 3.40. The van der Waals surface area contributed by atoms with Crippen LogP contribution in [0.5, 0.6) is 0 Å². The standard InChI is InChI=1S/C7H7BrINOS/c8-1-2-10-7(11)5-3-6(9)12-4-5/h3-4H,1-2H2,(H,10,11). The van der Waals surface area contributed by atoms with Gasteiger partial charge in [-0.25, -0.2) is 0 Å². The lowest BCUT2D eigenvalue weighted by molar-refractivity contribution is 0.0956. The maximum absolute atomic E-state index is 11.3. The maximum Gasteiger partial charge on any atom is 0.252 e. The average Bonchev–Trinajstić information content (AvgIpc) is 2.47. The largest absolute Gasteiger partial charge is 0.351 e. The van der Waals surface area contributed by atoms with Gasteiger partial charge in [-0.05, 0) is 28.7 Å². The van der Waals surface area contributed by atoms with Crippen molar-refractivity contribution in [1.82, 2.24) is 5.32 Å². The lowest BCUT2D eigenvalue weighted by atomic mass is 10.3. The molecule has 0 aliphatic carbocycles. The summed E-state index contributed by atoms with van der Waals surface area (Å²) >= 11 is 7.02. The molecule has 0 bridgehead atoms. The first kappa shape index (κ1) is 10.5. The summed E-state index contributed by atoms with van der Waals surface area (Å²) in [5.41, 5.74) is 0.755. The summed E-state index contributed by atoms with van der Waals surface area (Å²) in [6.45, 7) is 0.672. The minimum absolute atomic E-state index is 0.00798. The van der Waals surface area contributed by atoms with E-state index in [2.05, 4.69) is 43.8 Å². The Balaban J connectivity index is 2.53. The summed E-state index contributed by atoms with van der Waals surface area (Å²) in [6, 6.07) is 1.88. The Bertz CT molecular complexity index is 276. The van der Waals surface area contributed by atoms with Crippen LogP contribution < -0.4 is 5.32 Å². The molecule has 0 aliphatic heterocycles. The molecule has 0 spiro atoms.